The summed E-state index contributed by atoms with van der Waals surface area (Å²) in [4.78, 5) is 14.6. The number of rotatable bonds is 7. The van der Waals surface area contributed by atoms with Gasteiger partial charge in [-0.25, -0.2) is 0 Å². The van der Waals surface area contributed by atoms with Crippen molar-refractivity contribution >= 4 is 5.91 Å². The lowest BCUT2D eigenvalue weighted by Crippen LogP contribution is -2.29. The molecule has 1 heterocycles. The van der Waals surface area contributed by atoms with Crippen LogP contribution in [0.4, 0.5) is 0 Å². The van der Waals surface area contributed by atoms with Crippen molar-refractivity contribution < 1.29 is 9.53 Å². The molecule has 1 aliphatic heterocycles. The maximum Gasteiger partial charge on any atom is 0.258 e. The molecule has 138 valence electrons. The Bertz CT molecular complexity index is 731. The Morgan fingerprint density at radius 3 is 2.38 bits per heavy atom. The zero-order valence-corrected chi connectivity index (χ0v) is 15.8. The van der Waals surface area contributed by atoms with E-state index in [-0.39, 0.29) is 12.5 Å². The summed E-state index contributed by atoms with van der Waals surface area (Å²) in [5.41, 5.74) is 4.75. The van der Waals surface area contributed by atoms with E-state index >= 15 is 0 Å². The first-order valence-corrected chi connectivity index (χ1v) is 9.37. The third-order valence-corrected chi connectivity index (χ3v) is 4.75. The average molecular weight is 352 g/mol. The van der Waals surface area contributed by atoms with Crippen LogP contribution in [0, 0.1) is 13.8 Å². The molecule has 4 heteroatoms. The number of ether oxygens (including phenoxy) is 1. The van der Waals surface area contributed by atoms with Gasteiger partial charge in [0.15, 0.2) is 6.61 Å². The second-order valence-corrected chi connectivity index (χ2v) is 7.14. The predicted octanol–water partition coefficient (Wildman–Crippen LogP) is 3.59. The first-order valence-electron chi connectivity index (χ1n) is 9.37. The van der Waals surface area contributed by atoms with Gasteiger partial charge in [0.05, 0.1) is 0 Å². The molecule has 0 spiro atoms. The smallest absolute Gasteiger partial charge is 0.258 e. The van der Waals surface area contributed by atoms with Gasteiger partial charge in [0.25, 0.3) is 5.91 Å². The number of carbonyl (C=O) groups is 1. The van der Waals surface area contributed by atoms with Crippen molar-refractivity contribution in [2.24, 2.45) is 0 Å². The maximum atomic E-state index is 12.2. The van der Waals surface area contributed by atoms with Crippen molar-refractivity contribution in [2.45, 2.75) is 39.8 Å². The van der Waals surface area contributed by atoms with Crippen LogP contribution in [0.3, 0.4) is 0 Å². The van der Waals surface area contributed by atoms with Crippen molar-refractivity contribution in [3.8, 4) is 5.75 Å². The van der Waals surface area contributed by atoms with Crippen LogP contribution in [0.25, 0.3) is 0 Å². The summed E-state index contributed by atoms with van der Waals surface area (Å²) in [6, 6.07) is 14.3. The van der Waals surface area contributed by atoms with Crippen LogP contribution < -0.4 is 10.1 Å². The van der Waals surface area contributed by atoms with Crippen LogP contribution >= 0.6 is 0 Å². The van der Waals surface area contributed by atoms with Gasteiger partial charge in [-0.15, -0.1) is 0 Å². The molecule has 1 N–H and O–H groups in total. The van der Waals surface area contributed by atoms with Gasteiger partial charge in [0.1, 0.15) is 5.75 Å². The lowest BCUT2D eigenvalue weighted by Gasteiger charge is -2.17. The fourth-order valence-corrected chi connectivity index (χ4v) is 3.48. The normalized spacial score (nSPS) is 14.4. The van der Waals surface area contributed by atoms with Crippen molar-refractivity contribution in [1.82, 2.24) is 10.2 Å². The van der Waals surface area contributed by atoms with Crippen LogP contribution in [0.2, 0.25) is 0 Å². The highest BCUT2D eigenvalue weighted by atomic mass is 16.5. The summed E-state index contributed by atoms with van der Waals surface area (Å²) >= 11 is 0. The van der Waals surface area contributed by atoms with Gasteiger partial charge in [-0.05, 0) is 74.2 Å². The molecule has 0 aromatic heterocycles. The van der Waals surface area contributed by atoms with E-state index in [0.29, 0.717) is 6.54 Å². The Balaban J connectivity index is 1.51. The maximum absolute atomic E-state index is 12.2. The molecule has 1 saturated heterocycles. The standard InChI is InChI=1S/C22H28N2O2/c1-17-11-18(2)13-21(12-17)26-16-22(25)23-14-19-7-3-4-8-20(19)15-24-9-5-6-10-24/h3-4,7-8,11-13H,5-6,9-10,14-16H2,1-2H3,(H,23,25). The second-order valence-electron chi connectivity index (χ2n) is 7.14. The van der Waals surface area contributed by atoms with Crippen LogP contribution in [-0.2, 0) is 17.9 Å². The fourth-order valence-electron chi connectivity index (χ4n) is 3.48. The molecule has 0 saturated carbocycles. The van der Waals surface area contributed by atoms with Gasteiger partial charge in [-0.2, -0.15) is 0 Å². The Kier molecular flexibility index (Phi) is 6.29. The molecule has 2 aromatic rings. The third kappa shape index (κ3) is 5.33. The molecule has 26 heavy (non-hydrogen) atoms. The quantitative estimate of drug-likeness (QED) is 0.828. The van der Waals surface area contributed by atoms with Gasteiger partial charge in [0.2, 0.25) is 0 Å². The monoisotopic (exact) mass is 352 g/mol. The minimum absolute atomic E-state index is 0.0389. The van der Waals surface area contributed by atoms with Crippen molar-refractivity contribution in [3.63, 3.8) is 0 Å². The first kappa shape index (κ1) is 18.5. The van der Waals surface area contributed by atoms with Crippen LogP contribution in [0.15, 0.2) is 42.5 Å². The van der Waals surface area contributed by atoms with E-state index in [2.05, 4.69) is 34.5 Å². The van der Waals surface area contributed by atoms with E-state index in [4.69, 9.17) is 4.74 Å². The molecule has 0 unspecified atom stereocenters. The van der Waals surface area contributed by atoms with Crippen LogP contribution in [0.1, 0.15) is 35.1 Å². The number of carbonyl (C=O) groups excluding carboxylic acids is 1. The third-order valence-electron chi connectivity index (χ3n) is 4.75. The Labute approximate surface area is 156 Å². The molecule has 0 atom stereocenters. The van der Waals surface area contributed by atoms with Crippen molar-refractivity contribution in [3.05, 3.63) is 64.7 Å². The number of benzene rings is 2. The predicted molar refractivity (Wildman–Crippen MR) is 104 cm³/mol. The average Bonchev–Trinajstić information content (AvgIpc) is 3.11. The largest absolute Gasteiger partial charge is 0.484 e. The van der Waals surface area contributed by atoms with E-state index in [0.717, 1.165) is 23.4 Å². The number of hydrogen-bond donors (Lipinski definition) is 1. The van der Waals surface area contributed by atoms with E-state index in [1.165, 1.54) is 37.1 Å². The molecule has 3 rings (SSSR count). The zero-order valence-electron chi connectivity index (χ0n) is 15.8. The van der Waals surface area contributed by atoms with Crippen molar-refractivity contribution in [1.29, 1.82) is 0 Å². The summed E-state index contributed by atoms with van der Waals surface area (Å²) in [5.74, 6) is 0.646. The Hall–Kier alpha value is -2.33. The second kappa shape index (κ2) is 8.86. The lowest BCUT2D eigenvalue weighted by molar-refractivity contribution is -0.123. The summed E-state index contributed by atoms with van der Waals surface area (Å²) in [6.07, 6.45) is 2.57. The van der Waals surface area contributed by atoms with Crippen LogP contribution in [-0.4, -0.2) is 30.5 Å². The van der Waals surface area contributed by atoms with Crippen molar-refractivity contribution in [2.75, 3.05) is 19.7 Å². The van der Waals surface area contributed by atoms with Gasteiger partial charge in [0, 0.05) is 13.1 Å². The SMILES string of the molecule is Cc1cc(C)cc(OCC(=O)NCc2ccccc2CN2CCCC2)c1. The summed E-state index contributed by atoms with van der Waals surface area (Å²) < 4.78 is 5.64. The summed E-state index contributed by atoms with van der Waals surface area (Å²) in [7, 11) is 0. The first-order chi connectivity index (χ1) is 12.6. The highest BCUT2D eigenvalue weighted by Crippen LogP contribution is 2.17. The minimum Gasteiger partial charge on any atom is -0.484 e. The molecule has 0 radical (unpaired) electrons. The van der Waals surface area contributed by atoms with Gasteiger partial charge >= 0.3 is 0 Å². The lowest BCUT2D eigenvalue weighted by atomic mass is 10.1. The summed E-state index contributed by atoms with van der Waals surface area (Å²) in [6.45, 7) is 7.94. The molecular weight excluding hydrogens is 324 g/mol. The van der Waals surface area contributed by atoms with E-state index < -0.39 is 0 Å². The molecule has 4 nitrogen and oxygen atoms in total. The highest BCUT2D eigenvalue weighted by Gasteiger charge is 2.14. The molecule has 1 aliphatic rings. The number of nitrogens with zero attached hydrogens (tertiary/aromatic N) is 1. The molecule has 1 fully saturated rings. The fraction of sp³-hybridized carbons (Fsp3) is 0.409. The topological polar surface area (TPSA) is 41.6 Å². The Morgan fingerprint density at radius 1 is 1.04 bits per heavy atom. The minimum atomic E-state index is -0.0971. The molecule has 0 bridgehead atoms. The molecule has 0 aliphatic carbocycles. The zero-order chi connectivity index (χ0) is 18.4. The molecule has 2 aromatic carbocycles. The number of amides is 1. The van der Waals surface area contributed by atoms with Gasteiger partial charge in [-0.1, -0.05) is 30.3 Å². The van der Waals surface area contributed by atoms with E-state index in [1.807, 2.05) is 32.0 Å². The number of aryl methyl sites for hydroxylation is 2. The molecule has 1 amide bonds. The van der Waals surface area contributed by atoms with E-state index in [1.54, 1.807) is 0 Å². The number of nitrogens with one attached hydrogen (secondary N) is 1. The number of hydrogen-bond acceptors (Lipinski definition) is 3. The van der Waals surface area contributed by atoms with Gasteiger partial charge in [-0.3, -0.25) is 9.69 Å². The Morgan fingerprint density at radius 2 is 1.69 bits per heavy atom. The highest BCUT2D eigenvalue weighted by molar-refractivity contribution is 5.77. The molecular formula is C22H28N2O2. The summed E-state index contributed by atoms with van der Waals surface area (Å²) in [5, 5.41) is 2.98. The van der Waals surface area contributed by atoms with Gasteiger partial charge < -0.3 is 10.1 Å². The van der Waals surface area contributed by atoms with E-state index in [9.17, 15) is 4.79 Å². The van der Waals surface area contributed by atoms with Crippen LogP contribution in [0.5, 0.6) is 5.75 Å². The number of likely N-dealkylation sites (tertiary alicyclic amines) is 1.